The molecule has 0 spiro atoms. The van der Waals surface area contributed by atoms with Crippen molar-refractivity contribution in [1.82, 2.24) is 0 Å². The zero-order valence-electron chi connectivity index (χ0n) is 19.2. The number of hydrogen-bond acceptors (Lipinski definition) is 4. The van der Waals surface area contributed by atoms with Crippen LogP contribution in [-0.4, -0.2) is 30.4 Å². The molecule has 0 heterocycles. The molecule has 1 unspecified atom stereocenters. The minimum atomic E-state index is -0.580. The fraction of sp³-hybridized carbons (Fsp3) is 0.731. The Labute approximate surface area is 184 Å². The number of ether oxygens (including phenoxy) is 2. The Morgan fingerprint density at radius 3 is 1.90 bits per heavy atom. The van der Waals surface area contributed by atoms with E-state index in [-0.39, 0.29) is 19.2 Å². The van der Waals surface area contributed by atoms with Crippen LogP contribution in [-0.2, 0) is 20.9 Å². The Morgan fingerprint density at radius 2 is 1.37 bits per heavy atom. The highest BCUT2D eigenvalue weighted by Crippen LogP contribution is 2.13. The predicted octanol–water partition coefficient (Wildman–Crippen LogP) is 6.59. The summed E-state index contributed by atoms with van der Waals surface area (Å²) in [4.78, 5) is 12.0. The molecule has 0 aliphatic heterocycles. The first-order valence-corrected chi connectivity index (χ1v) is 12.2. The van der Waals surface area contributed by atoms with Gasteiger partial charge in [-0.2, -0.15) is 0 Å². The number of carbonyl (C=O) groups excluding carboxylic acids is 1. The van der Waals surface area contributed by atoms with E-state index in [0.717, 1.165) is 18.4 Å². The van der Waals surface area contributed by atoms with Crippen molar-refractivity contribution in [3.05, 3.63) is 35.9 Å². The number of hydrogen-bond donors (Lipinski definition) is 1. The molecule has 4 nitrogen and oxygen atoms in total. The number of unbranched alkanes of at least 4 members (excludes halogenated alkanes) is 12. The molecule has 172 valence electrons. The Hall–Kier alpha value is -1.39. The van der Waals surface area contributed by atoms with Gasteiger partial charge in [0.1, 0.15) is 6.10 Å². The lowest BCUT2D eigenvalue weighted by Gasteiger charge is -2.16. The summed E-state index contributed by atoms with van der Waals surface area (Å²) in [6, 6.07) is 9.83. The largest absolute Gasteiger partial charge is 0.457 e. The second kappa shape index (κ2) is 19.6. The van der Waals surface area contributed by atoms with E-state index < -0.39 is 6.10 Å². The fourth-order valence-electron chi connectivity index (χ4n) is 3.54. The predicted molar refractivity (Wildman–Crippen MR) is 123 cm³/mol. The van der Waals surface area contributed by atoms with Crippen LogP contribution in [0.3, 0.4) is 0 Å². The van der Waals surface area contributed by atoms with Crippen LogP contribution in [0.2, 0.25) is 0 Å². The molecular formula is C26H44O4. The van der Waals surface area contributed by atoms with Crippen molar-refractivity contribution in [1.29, 1.82) is 0 Å². The highest BCUT2D eigenvalue weighted by molar-refractivity contribution is 5.69. The number of carbonyl (C=O) groups is 1. The zero-order chi connectivity index (χ0) is 21.7. The van der Waals surface area contributed by atoms with Crippen LogP contribution in [0.25, 0.3) is 0 Å². The second-order valence-corrected chi connectivity index (χ2v) is 8.29. The number of aliphatic hydroxyl groups excluding tert-OH is 1. The topological polar surface area (TPSA) is 55.8 Å². The van der Waals surface area contributed by atoms with Crippen molar-refractivity contribution < 1.29 is 19.4 Å². The van der Waals surface area contributed by atoms with Crippen LogP contribution in [0.5, 0.6) is 0 Å². The van der Waals surface area contributed by atoms with Gasteiger partial charge in [-0.05, 0) is 12.0 Å². The van der Waals surface area contributed by atoms with Gasteiger partial charge in [0.25, 0.3) is 0 Å². The van der Waals surface area contributed by atoms with Crippen LogP contribution in [0.4, 0.5) is 0 Å². The van der Waals surface area contributed by atoms with Crippen LogP contribution >= 0.6 is 0 Å². The molecule has 1 N–H and O–H groups in total. The monoisotopic (exact) mass is 420 g/mol. The van der Waals surface area contributed by atoms with Gasteiger partial charge in [0.2, 0.25) is 0 Å². The van der Waals surface area contributed by atoms with Gasteiger partial charge in [0, 0.05) is 6.42 Å². The van der Waals surface area contributed by atoms with Gasteiger partial charge in [0.05, 0.1) is 19.8 Å². The summed E-state index contributed by atoms with van der Waals surface area (Å²) in [5.74, 6) is -0.236. The minimum absolute atomic E-state index is 0.209. The standard InChI is InChI=1S/C26H44O4/c1-2-3-4-5-6-7-8-9-10-11-12-13-17-20-26(28)30-25(21-27)23-29-22-24-18-15-14-16-19-24/h14-16,18-19,25,27H,2-13,17,20-23H2,1H3. The molecule has 1 rings (SSSR count). The summed E-state index contributed by atoms with van der Waals surface area (Å²) < 4.78 is 10.9. The summed E-state index contributed by atoms with van der Waals surface area (Å²) in [5.41, 5.74) is 1.06. The maximum absolute atomic E-state index is 12.0. The first-order valence-electron chi connectivity index (χ1n) is 12.2. The molecular weight excluding hydrogens is 376 g/mol. The molecule has 0 aromatic heterocycles. The van der Waals surface area contributed by atoms with Gasteiger partial charge in [0.15, 0.2) is 0 Å². The molecule has 0 fully saturated rings. The molecule has 1 atom stereocenters. The quantitative estimate of drug-likeness (QED) is 0.191. The third-order valence-corrected chi connectivity index (χ3v) is 5.40. The van der Waals surface area contributed by atoms with Crippen LogP contribution < -0.4 is 0 Å². The molecule has 0 saturated carbocycles. The van der Waals surface area contributed by atoms with Gasteiger partial charge in [-0.1, -0.05) is 114 Å². The number of aliphatic hydroxyl groups is 1. The van der Waals surface area contributed by atoms with Gasteiger partial charge >= 0.3 is 5.97 Å². The van der Waals surface area contributed by atoms with E-state index in [1.54, 1.807) is 0 Å². The fourth-order valence-corrected chi connectivity index (χ4v) is 3.54. The minimum Gasteiger partial charge on any atom is -0.457 e. The van der Waals surface area contributed by atoms with Crippen LogP contribution in [0, 0.1) is 0 Å². The number of esters is 1. The van der Waals surface area contributed by atoms with E-state index in [0.29, 0.717) is 13.0 Å². The SMILES string of the molecule is CCCCCCCCCCCCCCCC(=O)OC(CO)COCc1ccccc1. The summed E-state index contributed by atoms with van der Waals surface area (Å²) in [6.07, 6.45) is 16.5. The lowest BCUT2D eigenvalue weighted by Crippen LogP contribution is -2.27. The van der Waals surface area contributed by atoms with Crippen LogP contribution in [0.1, 0.15) is 102 Å². The van der Waals surface area contributed by atoms with Crippen LogP contribution in [0.15, 0.2) is 30.3 Å². The van der Waals surface area contributed by atoms with E-state index in [9.17, 15) is 9.90 Å². The maximum Gasteiger partial charge on any atom is 0.306 e. The molecule has 0 aliphatic rings. The molecule has 0 bridgehead atoms. The molecule has 0 aliphatic carbocycles. The summed E-state index contributed by atoms with van der Waals surface area (Å²) >= 11 is 0. The zero-order valence-corrected chi connectivity index (χ0v) is 19.2. The van der Waals surface area contributed by atoms with Gasteiger partial charge < -0.3 is 14.6 Å². The van der Waals surface area contributed by atoms with Crippen molar-refractivity contribution in [2.45, 2.75) is 110 Å². The first kappa shape index (κ1) is 26.6. The van der Waals surface area contributed by atoms with Gasteiger partial charge in [-0.25, -0.2) is 0 Å². The molecule has 0 amide bonds. The molecule has 0 radical (unpaired) electrons. The smallest absolute Gasteiger partial charge is 0.306 e. The third kappa shape index (κ3) is 15.4. The molecule has 4 heteroatoms. The van der Waals surface area contributed by atoms with Crippen molar-refractivity contribution in [2.75, 3.05) is 13.2 Å². The lowest BCUT2D eigenvalue weighted by atomic mass is 10.0. The summed E-state index contributed by atoms with van der Waals surface area (Å²) in [6.45, 7) is 2.72. The van der Waals surface area contributed by atoms with E-state index in [1.807, 2.05) is 30.3 Å². The Bertz CT molecular complexity index is 503. The summed E-state index contributed by atoms with van der Waals surface area (Å²) in [7, 11) is 0. The van der Waals surface area contributed by atoms with Crippen molar-refractivity contribution in [2.24, 2.45) is 0 Å². The average molecular weight is 421 g/mol. The van der Waals surface area contributed by atoms with E-state index in [4.69, 9.17) is 9.47 Å². The Morgan fingerprint density at radius 1 is 0.833 bits per heavy atom. The molecule has 0 saturated heterocycles. The summed E-state index contributed by atoms with van der Waals surface area (Å²) in [5, 5.41) is 9.40. The van der Waals surface area contributed by atoms with E-state index >= 15 is 0 Å². The van der Waals surface area contributed by atoms with E-state index in [2.05, 4.69) is 6.92 Å². The van der Waals surface area contributed by atoms with Crippen molar-refractivity contribution >= 4 is 5.97 Å². The number of benzene rings is 1. The van der Waals surface area contributed by atoms with Crippen molar-refractivity contribution in [3.8, 4) is 0 Å². The molecule has 30 heavy (non-hydrogen) atoms. The first-order chi connectivity index (χ1) is 14.8. The number of rotatable bonds is 20. The van der Waals surface area contributed by atoms with E-state index in [1.165, 1.54) is 70.6 Å². The lowest BCUT2D eigenvalue weighted by molar-refractivity contribution is -0.155. The Kier molecular flexibility index (Phi) is 17.4. The second-order valence-electron chi connectivity index (χ2n) is 8.29. The normalized spacial score (nSPS) is 12.1. The third-order valence-electron chi connectivity index (χ3n) is 5.40. The Balaban J connectivity index is 1.91. The van der Waals surface area contributed by atoms with Crippen molar-refractivity contribution in [3.63, 3.8) is 0 Å². The van der Waals surface area contributed by atoms with Gasteiger partial charge in [-0.15, -0.1) is 0 Å². The average Bonchev–Trinajstić information content (AvgIpc) is 2.77. The van der Waals surface area contributed by atoms with Gasteiger partial charge in [-0.3, -0.25) is 4.79 Å². The molecule has 1 aromatic rings. The molecule has 1 aromatic carbocycles. The maximum atomic E-state index is 12.0. The highest BCUT2D eigenvalue weighted by atomic mass is 16.6. The highest BCUT2D eigenvalue weighted by Gasteiger charge is 2.13.